The van der Waals surface area contributed by atoms with Crippen molar-refractivity contribution in [1.29, 1.82) is 0 Å². The second-order valence-electron chi connectivity index (χ2n) is 6.82. The molecule has 3 aromatic rings. The fourth-order valence-corrected chi connectivity index (χ4v) is 2.80. The van der Waals surface area contributed by atoms with Gasteiger partial charge in [0.1, 0.15) is 30.5 Å². The average Bonchev–Trinajstić information content (AvgIpc) is 2.80. The van der Waals surface area contributed by atoms with Crippen LogP contribution in [0.5, 0.6) is 17.2 Å². The van der Waals surface area contributed by atoms with Crippen LogP contribution in [-0.2, 0) is 4.79 Å². The third-order valence-electron chi connectivity index (χ3n) is 4.24. The molecular formula is C25H28N2O4. The number of rotatable bonds is 12. The van der Waals surface area contributed by atoms with Gasteiger partial charge in [0, 0.05) is 23.5 Å². The lowest BCUT2D eigenvalue weighted by atomic mass is 10.3. The lowest BCUT2D eigenvalue weighted by Gasteiger charge is -2.11. The number of hydrogen-bond acceptors (Lipinski definition) is 5. The molecule has 0 aromatic heterocycles. The lowest BCUT2D eigenvalue weighted by molar-refractivity contribution is -0.114. The third kappa shape index (κ3) is 7.93. The van der Waals surface area contributed by atoms with Crippen LogP contribution in [0.25, 0.3) is 0 Å². The van der Waals surface area contributed by atoms with Gasteiger partial charge >= 0.3 is 0 Å². The first-order chi connectivity index (χ1) is 15.2. The topological polar surface area (TPSA) is 68.8 Å². The van der Waals surface area contributed by atoms with Crippen molar-refractivity contribution < 1.29 is 19.0 Å². The second-order valence-corrected chi connectivity index (χ2v) is 6.82. The van der Waals surface area contributed by atoms with Gasteiger partial charge in [0.25, 0.3) is 0 Å². The monoisotopic (exact) mass is 420 g/mol. The number of ether oxygens (including phenoxy) is 3. The molecule has 0 spiro atoms. The normalized spacial score (nSPS) is 10.2. The van der Waals surface area contributed by atoms with E-state index in [-0.39, 0.29) is 12.5 Å². The number of nitrogens with one attached hydrogen (secondary N) is 2. The average molecular weight is 421 g/mol. The summed E-state index contributed by atoms with van der Waals surface area (Å²) in [7, 11) is 0. The number of para-hydroxylation sites is 1. The first kappa shape index (κ1) is 22.0. The van der Waals surface area contributed by atoms with Crippen LogP contribution < -0.4 is 24.8 Å². The van der Waals surface area contributed by atoms with Gasteiger partial charge in [0.05, 0.1) is 13.2 Å². The zero-order valence-corrected chi connectivity index (χ0v) is 17.7. The molecule has 6 nitrogen and oxygen atoms in total. The van der Waals surface area contributed by atoms with Gasteiger partial charge in [-0.2, -0.15) is 0 Å². The summed E-state index contributed by atoms with van der Waals surface area (Å²) < 4.78 is 17.0. The Labute approximate surface area is 183 Å². The summed E-state index contributed by atoms with van der Waals surface area (Å²) in [5.74, 6) is 2.13. The molecule has 31 heavy (non-hydrogen) atoms. The Kier molecular flexibility index (Phi) is 8.61. The molecule has 2 N–H and O–H groups in total. The smallest absolute Gasteiger partial charge is 0.243 e. The maximum atomic E-state index is 12.3. The number of carbonyl (C=O) groups excluding carboxylic acids is 1. The van der Waals surface area contributed by atoms with E-state index in [1.807, 2.05) is 78.9 Å². The zero-order valence-electron chi connectivity index (χ0n) is 17.7. The van der Waals surface area contributed by atoms with Crippen LogP contribution in [0.1, 0.15) is 13.3 Å². The highest BCUT2D eigenvalue weighted by molar-refractivity contribution is 5.93. The summed E-state index contributed by atoms with van der Waals surface area (Å²) in [6, 6.07) is 24.5. The van der Waals surface area contributed by atoms with Gasteiger partial charge in [0.15, 0.2) is 0 Å². The molecule has 162 valence electrons. The van der Waals surface area contributed by atoms with E-state index in [4.69, 9.17) is 14.2 Å². The minimum atomic E-state index is -0.143. The Bertz CT molecular complexity index is 947. The lowest BCUT2D eigenvalue weighted by Crippen LogP contribution is -2.21. The van der Waals surface area contributed by atoms with Crippen molar-refractivity contribution in [1.82, 2.24) is 0 Å². The Morgan fingerprint density at radius 3 is 2.00 bits per heavy atom. The fraction of sp³-hybridized carbons (Fsp3) is 0.240. The summed E-state index contributed by atoms with van der Waals surface area (Å²) in [6.45, 7) is 3.71. The van der Waals surface area contributed by atoms with E-state index < -0.39 is 0 Å². The van der Waals surface area contributed by atoms with Crippen molar-refractivity contribution >= 4 is 17.3 Å². The molecule has 0 atom stereocenters. The van der Waals surface area contributed by atoms with Gasteiger partial charge in [-0.05, 0) is 42.8 Å². The highest BCUT2D eigenvalue weighted by Gasteiger charge is 2.05. The zero-order chi connectivity index (χ0) is 21.7. The van der Waals surface area contributed by atoms with Gasteiger partial charge in [-0.3, -0.25) is 4.79 Å². The number of anilines is 2. The largest absolute Gasteiger partial charge is 0.494 e. The summed E-state index contributed by atoms with van der Waals surface area (Å²) in [6.07, 6.45) is 0.934. The van der Waals surface area contributed by atoms with E-state index >= 15 is 0 Å². The molecule has 0 bridgehead atoms. The molecule has 3 aromatic carbocycles. The molecule has 0 fully saturated rings. The molecule has 3 rings (SSSR count). The molecule has 0 heterocycles. The highest BCUT2D eigenvalue weighted by Crippen LogP contribution is 2.19. The molecule has 0 aliphatic heterocycles. The van der Waals surface area contributed by atoms with Crippen LogP contribution in [0.4, 0.5) is 11.4 Å². The molecule has 0 saturated carbocycles. The maximum Gasteiger partial charge on any atom is 0.243 e. The van der Waals surface area contributed by atoms with Gasteiger partial charge in [-0.25, -0.2) is 0 Å². The Morgan fingerprint density at radius 1 is 0.710 bits per heavy atom. The molecule has 6 heteroatoms. The Balaban J connectivity index is 1.41. The first-order valence-electron chi connectivity index (χ1n) is 10.4. The predicted octanol–water partition coefficient (Wildman–Crippen LogP) is 4.98. The van der Waals surface area contributed by atoms with Crippen LogP contribution in [-0.4, -0.2) is 32.3 Å². The van der Waals surface area contributed by atoms with E-state index in [1.54, 1.807) is 0 Å². The second kappa shape index (κ2) is 12.1. The first-order valence-corrected chi connectivity index (χ1v) is 10.4. The minimum Gasteiger partial charge on any atom is -0.494 e. The van der Waals surface area contributed by atoms with E-state index in [9.17, 15) is 4.79 Å². The molecule has 0 aliphatic carbocycles. The van der Waals surface area contributed by atoms with Crippen LogP contribution in [0.3, 0.4) is 0 Å². The summed E-state index contributed by atoms with van der Waals surface area (Å²) >= 11 is 0. The van der Waals surface area contributed by atoms with Gasteiger partial charge in [0.2, 0.25) is 5.91 Å². The van der Waals surface area contributed by atoms with Crippen molar-refractivity contribution in [3.8, 4) is 17.2 Å². The third-order valence-corrected chi connectivity index (χ3v) is 4.24. The highest BCUT2D eigenvalue weighted by atomic mass is 16.5. The van der Waals surface area contributed by atoms with Gasteiger partial charge in [-0.1, -0.05) is 37.3 Å². The van der Waals surface area contributed by atoms with Crippen LogP contribution >= 0.6 is 0 Å². The number of carbonyl (C=O) groups is 1. The molecule has 0 saturated heterocycles. The van der Waals surface area contributed by atoms with Crippen LogP contribution in [0, 0.1) is 0 Å². The predicted molar refractivity (Wildman–Crippen MR) is 123 cm³/mol. The van der Waals surface area contributed by atoms with Crippen molar-refractivity contribution in [2.75, 3.05) is 37.0 Å². The minimum absolute atomic E-state index is 0.140. The summed E-state index contributed by atoms with van der Waals surface area (Å²) in [4.78, 5) is 12.3. The Morgan fingerprint density at radius 2 is 1.29 bits per heavy atom. The van der Waals surface area contributed by atoms with E-state index in [2.05, 4.69) is 17.6 Å². The number of amides is 1. The molecular weight excluding hydrogens is 392 g/mol. The standard InChI is InChI=1S/C25H28N2O4/c1-2-14-29-24-13-7-9-21(18-24)27-25(28)19-26-20-8-6-12-23(17-20)31-16-15-30-22-10-4-3-5-11-22/h3-13,17-18,26H,2,14-16,19H2,1H3,(H,27,28). The summed E-state index contributed by atoms with van der Waals surface area (Å²) in [5.41, 5.74) is 1.51. The SMILES string of the molecule is CCCOc1cccc(NC(=O)CNc2cccc(OCCOc3ccccc3)c2)c1. The fourth-order valence-electron chi connectivity index (χ4n) is 2.80. The van der Waals surface area contributed by atoms with Gasteiger partial charge in [-0.15, -0.1) is 0 Å². The number of benzene rings is 3. The molecule has 0 aliphatic rings. The molecule has 0 radical (unpaired) electrons. The van der Waals surface area contributed by atoms with Crippen molar-refractivity contribution in [3.63, 3.8) is 0 Å². The van der Waals surface area contributed by atoms with E-state index in [0.29, 0.717) is 31.3 Å². The van der Waals surface area contributed by atoms with Crippen molar-refractivity contribution in [2.45, 2.75) is 13.3 Å². The summed E-state index contributed by atoms with van der Waals surface area (Å²) in [5, 5.41) is 5.99. The quantitative estimate of drug-likeness (QED) is 0.404. The molecule has 1 amide bonds. The Hall–Kier alpha value is -3.67. The van der Waals surface area contributed by atoms with Gasteiger partial charge < -0.3 is 24.8 Å². The van der Waals surface area contributed by atoms with E-state index in [0.717, 1.165) is 23.6 Å². The van der Waals surface area contributed by atoms with Crippen molar-refractivity contribution in [3.05, 3.63) is 78.9 Å². The van der Waals surface area contributed by atoms with Crippen LogP contribution in [0.2, 0.25) is 0 Å². The van der Waals surface area contributed by atoms with Crippen LogP contribution in [0.15, 0.2) is 78.9 Å². The van der Waals surface area contributed by atoms with E-state index in [1.165, 1.54) is 0 Å². The van der Waals surface area contributed by atoms with Crippen molar-refractivity contribution in [2.24, 2.45) is 0 Å². The maximum absolute atomic E-state index is 12.3. The molecule has 0 unspecified atom stereocenters. The number of hydrogen-bond donors (Lipinski definition) is 2.